The molecule has 1 fully saturated rings. The average Bonchev–Trinajstić information content (AvgIpc) is 1.88. The van der Waals surface area contributed by atoms with Crippen LogP contribution in [-0.2, 0) is 4.79 Å². The topological polar surface area (TPSA) is 20.3 Å². The lowest BCUT2D eigenvalue weighted by atomic mass is 10.0. The molecule has 58 valence electrons. The predicted octanol–water partition coefficient (Wildman–Crippen LogP) is 1.06. The van der Waals surface area contributed by atoms with E-state index < -0.39 is 0 Å². The summed E-state index contributed by atoms with van der Waals surface area (Å²) < 4.78 is 0. The normalized spacial score (nSPS) is 28.4. The van der Waals surface area contributed by atoms with Crippen molar-refractivity contribution in [3.63, 3.8) is 0 Å². The van der Waals surface area contributed by atoms with Crippen LogP contribution in [0.3, 0.4) is 0 Å². The zero-order chi connectivity index (χ0) is 7.56. The van der Waals surface area contributed by atoms with Gasteiger partial charge in [0.1, 0.15) is 5.78 Å². The summed E-state index contributed by atoms with van der Waals surface area (Å²) in [6.07, 6.45) is 3.53. The average molecular weight is 141 g/mol. The molecule has 0 amide bonds. The predicted molar refractivity (Wildman–Crippen MR) is 41.0 cm³/mol. The number of hydrogen-bond donors (Lipinski definition) is 0. The maximum Gasteiger partial charge on any atom is 0.146 e. The van der Waals surface area contributed by atoms with E-state index in [9.17, 15) is 4.79 Å². The molecule has 0 radical (unpaired) electrons. The largest absolute Gasteiger partial charge is 0.298 e. The lowest BCUT2D eigenvalue weighted by Crippen LogP contribution is -2.40. The number of likely N-dealkylation sites (tertiary alicyclic amines) is 1. The molecule has 0 saturated carbocycles. The van der Waals surface area contributed by atoms with Crippen molar-refractivity contribution < 1.29 is 4.79 Å². The van der Waals surface area contributed by atoms with E-state index in [2.05, 4.69) is 4.90 Å². The van der Waals surface area contributed by atoms with E-state index >= 15 is 0 Å². The first-order valence-electron chi connectivity index (χ1n) is 3.92. The van der Waals surface area contributed by atoms with Crippen LogP contribution < -0.4 is 0 Å². The molecule has 0 unspecified atom stereocenters. The Morgan fingerprint density at radius 2 is 2.20 bits per heavy atom. The fourth-order valence-corrected chi connectivity index (χ4v) is 1.59. The molecular formula is C8H15NO. The van der Waals surface area contributed by atoms with E-state index in [1.54, 1.807) is 6.92 Å². The Labute approximate surface area is 62.2 Å². The van der Waals surface area contributed by atoms with E-state index in [1.807, 2.05) is 7.05 Å². The van der Waals surface area contributed by atoms with Crippen LogP contribution in [0.15, 0.2) is 0 Å². The van der Waals surface area contributed by atoms with Crippen LogP contribution in [0.25, 0.3) is 0 Å². The van der Waals surface area contributed by atoms with Gasteiger partial charge in [0.2, 0.25) is 0 Å². The number of hydrogen-bond acceptors (Lipinski definition) is 2. The van der Waals surface area contributed by atoms with Crippen molar-refractivity contribution >= 4 is 5.78 Å². The maximum absolute atomic E-state index is 11.0. The molecule has 0 aliphatic carbocycles. The first-order chi connectivity index (χ1) is 4.72. The minimum atomic E-state index is 0.216. The Balaban J connectivity index is 2.47. The zero-order valence-corrected chi connectivity index (χ0v) is 6.76. The van der Waals surface area contributed by atoms with Crippen molar-refractivity contribution in [1.29, 1.82) is 0 Å². The number of likely N-dealkylation sites (N-methyl/N-ethyl adjacent to an activating group) is 1. The van der Waals surface area contributed by atoms with Crippen molar-refractivity contribution in [3.05, 3.63) is 0 Å². The van der Waals surface area contributed by atoms with Gasteiger partial charge in [-0.15, -0.1) is 0 Å². The second-order valence-corrected chi connectivity index (χ2v) is 3.10. The van der Waals surface area contributed by atoms with Crippen LogP contribution in [0, 0.1) is 0 Å². The summed E-state index contributed by atoms with van der Waals surface area (Å²) in [7, 11) is 2.03. The molecule has 1 rings (SSSR count). The lowest BCUT2D eigenvalue weighted by Gasteiger charge is -2.30. The summed E-state index contributed by atoms with van der Waals surface area (Å²) in [5.74, 6) is 0.321. The van der Waals surface area contributed by atoms with Crippen LogP contribution in [0.1, 0.15) is 26.2 Å². The van der Waals surface area contributed by atoms with Crippen molar-refractivity contribution in [1.82, 2.24) is 4.90 Å². The third-order valence-corrected chi connectivity index (χ3v) is 2.24. The van der Waals surface area contributed by atoms with Crippen molar-refractivity contribution in [2.75, 3.05) is 13.6 Å². The summed E-state index contributed by atoms with van der Waals surface area (Å²) in [6.45, 7) is 2.77. The molecular weight excluding hydrogens is 126 g/mol. The zero-order valence-electron chi connectivity index (χ0n) is 6.76. The number of piperidine rings is 1. The fourth-order valence-electron chi connectivity index (χ4n) is 1.59. The quantitative estimate of drug-likeness (QED) is 0.544. The maximum atomic E-state index is 11.0. The summed E-state index contributed by atoms with van der Waals surface area (Å²) in [5, 5.41) is 0. The van der Waals surface area contributed by atoms with Crippen LogP contribution in [0.4, 0.5) is 0 Å². The Morgan fingerprint density at radius 3 is 2.60 bits per heavy atom. The fraction of sp³-hybridized carbons (Fsp3) is 0.875. The molecule has 1 aliphatic rings. The molecule has 1 aliphatic heterocycles. The Kier molecular flexibility index (Phi) is 2.44. The minimum Gasteiger partial charge on any atom is -0.298 e. The van der Waals surface area contributed by atoms with Crippen LogP contribution in [0.2, 0.25) is 0 Å². The van der Waals surface area contributed by atoms with E-state index in [4.69, 9.17) is 0 Å². The highest BCUT2D eigenvalue weighted by atomic mass is 16.1. The van der Waals surface area contributed by atoms with E-state index in [-0.39, 0.29) is 6.04 Å². The molecule has 2 nitrogen and oxygen atoms in total. The highest BCUT2D eigenvalue weighted by Gasteiger charge is 2.21. The smallest absolute Gasteiger partial charge is 0.146 e. The molecule has 0 N–H and O–H groups in total. The van der Waals surface area contributed by atoms with Gasteiger partial charge >= 0.3 is 0 Å². The number of carbonyl (C=O) groups is 1. The van der Waals surface area contributed by atoms with Gasteiger partial charge in [-0.3, -0.25) is 9.69 Å². The molecule has 0 aromatic carbocycles. The van der Waals surface area contributed by atoms with E-state index in [1.165, 1.54) is 12.8 Å². The molecule has 0 aromatic heterocycles. The Hall–Kier alpha value is -0.370. The summed E-state index contributed by atoms with van der Waals surface area (Å²) in [6, 6.07) is 0.216. The standard InChI is InChI=1S/C8H15NO/c1-7(10)8-5-3-4-6-9(8)2/h8H,3-6H2,1-2H3/t8-/m1/s1. The van der Waals surface area contributed by atoms with Gasteiger partial charge in [-0.2, -0.15) is 0 Å². The molecule has 0 spiro atoms. The molecule has 2 heteroatoms. The van der Waals surface area contributed by atoms with Gasteiger partial charge in [0.05, 0.1) is 6.04 Å². The Bertz CT molecular complexity index is 133. The lowest BCUT2D eigenvalue weighted by molar-refractivity contribution is -0.122. The van der Waals surface area contributed by atoms with Crippen LogP contribution >= 0.6 is 0 Å². The highest BCUT2D eigenvalue weighted by Crippen LogP contribution is 2.14. The number of rotatable bonds is 1. The molecule has 1 heterocycles. The van der Waals surface area contributed by atoms with Crippen molar-refractivity contribution in [2.45, 2.75) is 32.2 Å². The van der Waals surface area contributed by atoms with Gasteiger partial charge in [0.25, 0.3) is 0 Å². The summed E-state index contributed by atoms with van der Waals surface area (Å²) in [5.41, 5.74) is 0. The summed E-state index contributed by atoms with van der Waals surface area (Å²) in [4.78, 5) is 13.1. The van der Waals surface area contributed by atoms with Gasteiger partial charge in [-0.05, 0) is 33.4 Å². The van der Waals surface area contributed by atoms with Gasteiger partial charge in [0.15, 0.2) is 0 Å². The van der Waals surface area contributed by atoms with E-state index in [0.717, 1.165) is 13.0 Å². The number of Topliss-reactive ketones (excluding diaryl/α,β-unsaturated/α-hetero) is 1. The first kappa shape index (κ1) is 7.73. The SMILES string of the molecule is CC(=O)[C@H]1CCCCN1C. The monoisotopic (exact) mass is 141 g/mol. The first-order valence-corrected chi connectivity index (χ1v) is 3.92. The Morgan fingerprint density at radius 1 is 1.50 bits per heavy atom. The second kappa shape index (κ2) is 3.15. The van der Waals surface area contributed by atoms with Gasteiger partial charge < -0.3 is 0 Å². The summed E-state index contributed by atoms with van der Waals surface area (Å²) >= 11 is 0. The number of nitrogens with zero attached hydrogens (tertiary/aromatic N) is 1. The van der Waals surface area contributed by atoms with Crippen LogP contribution in [-0.4, -0.2) is 30.3 Å². The minimum absolute atomic E-state index is 0.216. The van der Waals surface area contributed by atoms with Crippen molar-refractivity contribution in [2.24, 2.45) is 0 Å². The number of ketones is 1. The van der Waals surface area contributed by atoms with Gasteiger partial charge in [-0.25, -0.2) is 0 Å². The van der Waals surface area contributed by atoms with Crippen molar-refractivity contribution in [3.8, 4) is 0 Å². The molecule has 10 heavy (non-hydrogen) atoms. The highest BCUT2D eigenvalue weighted by molar-refractivity contribution is 5.81. The van der Waals surface area contributed by atoms with Gasteiger partial charge in [0, 0.05) is 0 Å². The molecule has 1 atom stereocenters. The second-order valence-electron chi connectivity index (χ2n) is 3.10. The third-order valence-electron chi connectivity index (χ3n) is 2.24. The van der Waals surface area contributed by atoms with Crippen LogP contribution in [0.5, 0.6) is 0 Å². The molecule has 0 bridgehead atoms. The molecule has 0 aromatic rings. The van der Waals surface area contributed by atoms with Gasteiger partial charge in [-0.1, -0.05) is 6.42 Å². The van der Waals surface area contributed by atoms with E-state index in [0.29, 0.717) is 5.78 Å². The third kappa shape index (κ3) is 1.57. The molecule has 1 saturated heterocycles. The number of carbonyl (C=O) groups excluding carboxylic acids is 1.